The van der Waals surface area contributed by atoms with Gasteiger partial charge in [0.2, 0.25) is 0 Å². The topological polar surface area (TPSA) is 90.8 Å². The number of ether oxygens (including phenoxy) is 1. The summed E-state index contributed by atoms with van der Waals surface area (Å²) in [4.78, 5) is 24.9. The van der Waals surface area contributed by atoms with Crippen LogP contribution in [-0.2, 0) is 11.3 Å². The van der Waals surface area contributed by atoms with Crippen molar-refractivity contribution >= 4 is 28.4 Å². The lowest BCUT2D eigenvalue weighted by Crippen LogP contribution is -2.42. The van der Waals surface area contributed by atoms with Gasteiger partial charge in [0.1, 0.15) is 29.8 Å². The predicted octanol–water partition coefficient (Wildman–Crippen LogP) is 4.20. The number of nitrogens with one attached hydrogen (secondary N) is 1. The highest BCUT2D eigenvalue weighted by molar-refractivity contribution is 5.92. The number of nitrogens with zero attached hydrogens (tertiary/aromatic N) is 4. The number of aliphatic carboxylic acids is 1. The Hall–Kier alpha value is -3.30. The fraction of sp³-hybridized carbons (Fsp3) is 0.423. The van der Waals surface area contributed by atoms with Gasteiger partial charge in [-0.15, -0.1) is 0 Å². The molecule has 1 unspecified atom stereocenters. The Bertz CT molecular complexity index is 1200. The lowest BCUT2D eigenvalue weighted by atomic mass is 10.1. The molecule has 1 aliphatic heterocycles. The second kappa shape index (κ2) is 11.0. The first-order valence-corrected chi connectivity index (χ1v) is 11.9. The Kier molecular flexibility index (Phi) is 7.77. The van der Waals surface area contributed by atoms with E-state index in [1.807, 2.05) is 17.0 Å². The summed E-state index contributed by atoms with van der Waals surface area (Å²) in [6, 6.07) is 8.21. The number of aryl methyl sites for hydroxylation is 1. The minimum atomic E-state index is -0.869. The van der Waals surface area contributed by atoms with Crippen molar-refractivity contribution < 1.29 is 19.0 Å². The number of fused-ring (bicyclic) bond motifs is 1. The maximum Gasteiger partial charge on any atom is 0.320 e. The second-order valence-electron chi connectivity index (χ2n) is 9.00. The van der Waals surface area contributed by atoms with Crippen molar-refractivity contribution in [3.05, 3.63) is 53.6 Å². The van der Waals surface area contributed by atoms with Gasteiger partial charge in [-0.1, -0.05) is 12.1 Å². The smallest absolute Gasteiger partial charge is 0.320 e. The van der Waals surface area contributed by atoms with Crippen molar-refractivity contribution in [1.29, 1.82) is 0 Å². The molecule has 1 aliphatic rings. The minimum Gasteiger partial charge on any atom is -0.496 e. The Morgan fingerprint density at radius 3 is 2.77 bits per heavy atom. The van der Waals surface area contributed by atoms with Gasteiger partial charge in [-0.25, -0.2) is 14.4 Å². The summed E-state index contributed by atoms with van der Waals surface area (Å²) in [5.41, 5.74) is 2.32. The standard InChI is InChI=1S/C26H32FN5O3/c1-17-7-6-8-21(24(17)27)30-25-20-13-19(23(35-3)14-22(20)28-16-29-25)15-32(18(2)26(33)34)12-11-31-9-4-5-10-31/h6-8,13-14,16,18H,4-5,9-12,15H2,1-3H3,(H,33,34)(H,28,29,30). The van der Waals surface area contributed by atoms with Crippen molar-refractivity contribution in [2.24, 2.45) is 0 Å². The third-order valence-corrected chi connectivity index (χ3v) is 6.66. The summed E-state index contributed by atoms with van der Waals surface area (Å²) in [5, 5.41) is 13.5. The summed E-state index contributed by atoms with van der Waals surface area (Å²) in [5.74, 6) is -0.117. The second-order valence-corrected chi connectivity index (χ2v) is 9.00. The summed E-state index contributed by atoms with van der Waals surface area (Å²) >= 11 is 0. The van der Waals surface area contributed by atoms with Crippen molar-refractivity contribution in [2.75, 3.05) is 38.6 Å². The van der Waals surface area contributed by atoms with E-state index in [2.05, 4.69) is 20.2 Å². The zero-order valence-electron chi connectivity index (χ0n) is 20.4. The van der Waals surface area contributed by atoms with Crippen LogP contribution in [-0.4, -0.2) is 70.2 Å². The van der Waals surface area contributed by atoms with Crippen LogP contribution < -0.4 is 10.1 Å². The number of hydrogen-bond acceptors (Lipinski definition) is 7. The van der Waals surface area contributed by atoms with E-state index in [1.54, 1.807) is 39.2 Å². The molecule has 1 fully saturated rings. The molecule has 186 valence electrons. The van der Waals surface area contributed by atoms with Crippen LogP contribution in [0.15, 0.2) is 36.7 Å². The fourth-order valence-corrected chi connectivity index (χ4v) is 4.47. The molecule has 8 nitrogen and oxygen atoms in total. The number of anilines is 2. The average Bonchev–Trinajstić information content (AvgIpc) is 3.37. The van der Waals surface area contributed by atoms with Crippen LogP contribution in [0.4, 0.5) is 15.9 Å². The molecule has 0 saturated carbocycles. The first-order chi connectivity index (χ1) is 16.9. The average molecular weight is 482 g/mol. The van der Waals surface area contributed by atoms with Crippen LogP contribution in [0, 0.1) is 12.7 Å². The van der Waals surface area contributed by atoms with Crippen LogP contribution >= 0.6 is 0 Å². The molecule has 2 N–H and O–H groups in total. The largest absolute Gasteiger partial charge is 0.496 e. The van der Waals surface area contributed by atoms with Crippen LogP contribution in [0.2, 0.25) is 0 Å². The third-order valence-electron chi connectivity index (χ3n) is 6.66. The van der Waals surface area contributed by atoms with Crippen molar-refractivity contribution in [3.8, 4) is 5.75 Å². The molecular formula is C26H32FN5O3. The molecule has 0 radical (unpaired) electrons. The van der Waals surface area contributed by atoms with E-state index >= 15 is 0 Å². The quantitative estimate of drug-likeness (QED) is 0.445. The molecule has 2 aromatic carbocycles. The van der Waals surface area contributed by atoms with Gasteiger partial charge < -0.3 is 20.1 Å². The van der Waals surface area contributed by atoms with Gasteiger partial charge in [0.05, 0.1) is 18.3 Å². The SMILES string of the molecule is COc1cc2ncnc(Nc3cccc(C)c3F)c2cc1CN(CCN1CCCC1)C(C)C(=O)O. The molecule has 3 aromatic rings. The molecule has 1 aromatic heterocycles. The number of carbonyl (C=O) groups is 1. The number of likely N-dealkylation sites (tertiary alicyclic amines) is 1. The molecule has 0 aliphatic carbocycles. The molecule has 0 amide bonds. The molecular weight excluding hydrogens is 449 g/mol. The number of halogens is 1. The monoisotopic (exact) mass is 481 g/mol. The number of carboxylic acid groups (broad SMARTS) is 1. The lowest BCUT2D eigenvalue weighted by molar-refractivity contribution is -0.142. The number of benzene rings is 2. The van der Waals surface area contributed by atoms with E-state index in [1.165, 1.54) is 19.2 Å². The zero-order valence-corrected chi connectivity index (χ0v) is 20.4. The van der Waals surface area contributed by atoms with Gasteiger partial charge in [0.25, 0.3) is 0 Å². The minimum absolute atomic E-state index is 0.328. The van der Waals surface area contributed by atoms with Crippen LogP contribution in [0.25, 0.3) is 10.9 Å². The highest BCUT2D eigenvalue weighted by Crippen LogP contribution is 2.31. The first-order valence-electron chi connectivity index (χ1n) is 11.9. The van der Waals surface area contributed by atoms with E-state index in [0.29, 0.717) is 46.8 Å². The lowest BCUT2D eigenvalue weighted by Gasteiger charge is -2.29. The Balaban J connectivity index is 1.67. The van der Waals surface area contributed by atoms with Crippen molar-refractivity contribution in [2.45, 2.75) is 39.3 Å². The van der Waals surface area contributed by atoms with Gasteiger partial charge in [0, 0.05) is 36.7 Å². The summed E-state index contributed by atoms with van der Waals surface area (Å²) in [6.45, 7) is 7.34. The number of aromatic nitrogens is 2. The number of rotatable bonds is 10. The Morgan fingerprint density at radius 2 is 2.06 bits per heavy atom. The molecule has 1 saturated heterocycles. The van der Waals surface area contributed by atoms with E-state index in [-0.39, 0.29) is 5.82 Å². The van der Waals surface area contributed by atoms with Gasteiger partial charge in [-0.3, -0.25) is 9.69 Å². The van der Waals surface area contributed by atoms with E-state index in [9.17, 15) is 14.3 Å². The van der Waals surface area contributed by atoms with Crippen LogP contribution in [0.5, 0.6) is 5.75 Å². The Labute approximate surface area is 204 Å². The molecule has 35 heavy (non-hydrogen) atoms. The molecule has 9 heteroatoms. The molecule has 4 rings (SSSR count). The van der Waals surface area contributed by atoms with E-state index in [4.69, 9.17) is 4.74 Å². The van der Waals surface area contributed by atoms with Crippen LogP contribution in [0.1, 0.15) is 30.9 Å². The summed E-state index contributed by atoms with van der Waals surface area (Å²) < 4.78 is 20.3. The maximum absolute atomic E-state index is 14.6. The van der Waals surface area contributed by atoms with Crippen LogP contribution in [0.3, 0.4) is 0 Å². The van der Waals surface area contributed by atoms with E-state index in [0.717, 1.165) is 25.2 Å². The predicted molar refractivity (Wildman–Crippen MR) is 134 cm³/mol. The molecule has 0 spiro atoms. The van der Waals surface area contributed by atoms with Gasteiger partial charge in [-0.2, -0.15) is 0 Å². The zero-order chi connectivity index (χ0) is 24.9. The highest BCUT2D eigenvalue weighted by Gasteiger charge is 2.24. The molecule has 2 heterocycles. The number of methoxy groups -OCH3 is 1. The maximum atomic E-state index is 14.6. The summed E-state index contributed by atoms with van der Waals surface area (Å²) in [6.07, 6.45) is 3.79. The normalized spacial score (nSPS) is 15.0. The third kappa shape index (κ3) is 5.68. The van der Waals surface area contributed by atoms with Gasteiger partial charge >= 0.3 is 5.97 Å². The summed E-state index contributed by atoms with van der Waals surface area (Å²) in [7, 11) is 1.59. The highest BCUT2D eigenvalue weighted by atomic mass is 19.1. The number of carboxylic acids is 1. The Morgan fingerprint density at radius 1 is 1.29 bits per heavy atom. The van der Waals surface area contributed by atoms with Gasteiger partial charge in [-0.05, 0) is 57.5 Å². The fourth-order valence-electron chi connectivity index (χ4n) is 4.47. The number of hydrogen-bond donors (Lipinski definition) is 2. The van der Waals surface area contributed by atoms with E-state index < -0.39 is 12.0 Å². The molecule has 1 atom stereocenters. The first kappa shape index (κ1) is 24.8. The molecule has 0 bridgehead atoms. The van der Waals surface area contributed by atoms with Crippen molar-refractivity contribution in [1.82, 2.24) is 19.8 Å². The van der Waals surface area contributed by atoms with Gasteiger partial charge in [0.15, 0.2) is 0 Å². The van der Waals surface area contributed by atoms with Crippen molar-refractivity contribution in [3.63, 3.8) is 0 Å².